The molecule has 29 heavy (non-hydrogen) atoms. The van der Waals surface area contributed by atoms with Crippen molar-refractivity contribution in [1.29, 1.82) is 0 Å². The molecule has 1 aromatic heterocycles. The third kappa shape index (κ3) is 4.90. The molecule has 1 aliphatic rings. The van der Waals surface area contributed by atoms with Crippen molar-refractivity contribution in [3.05, 3.63) is 52.4 Å². The molecule has 2 N–H and O–H groups in total. The maximum absolute atomic E-state index is 11.4. The molecule has 1 heterocycles. The van der Waals surface area contributed by atoms with Crippen LogP contribution < -0.4 is 10.4 Å². The first kappa shape index (κ1) is 21.6. The summed E-state index contributed by atoms with van der Waals surface area (Å²) in [5.41, 5.74) is 0.249. The van der Waals surface area contributed by atoms with Crippen LogP contribution in [-0.4, -0.2) is 28.5 Å². The summed E-state index contributed by atoms with van der Waals surface area (Å²) >= 11 is 0. The molecule has 0 unspecified atom stereocenters. The van der Waals surface area contributed by atoms with E-state index in [1.165, 1.54) is 11.6 Å². The summed E-state index contributed by atoms with van der Waals surface area (Å²) in [5, 5.41) is 22.1. The van der Waals surface area contributed by atoms with Crippen molar-refractivity contribution in [2.45, 2.75) is 65.1 Å². The summed E-state index contributed by atoms with van der Waals surface area (Å²) in [6.45, 7) is 8.48. The highest BCUT2D eigenvalue weighted by Gasteiger charge is 2.49. The second-order valence-corrected chi connectivity index (χ2v) is 9.14. The fourth-order valence-electron chi connectivity index (χ4n) is 4.58. The van der Waals surface area contributed by atoms with Gasteiger partial charge < -0.3 is 19.4 Å². The molecule has 0 bridgehead atoms. The Kier molecular flexibility index (Phi) is 6.20. The van der Waals surface area contributed by atoms with Crippen LogP contribution in [0.15, 0.2) is 51.2 Å². The van der Waals surface area contributed by atoms with Gasteiger partial charge in [-0.2, -0.15) is 0 Å². The zero-order valence-corrected chi connectivity index (χ0v) is 17.8. The first-order valence-corrected chi connectivity index (χ1v) is 10.3. The molecule has 1 fully saturated rings. The van der Waals surface area contributed by atoms with Crippen LogP contribution in [0, 0.1) is 11.3 Å². The number of ether oxygens (including phenoxy) is 1. The van der Waals surface area contributed by atoms with E-state index in [4.69, 9.17) is 9.15 Å². The molecule has 5 nitrogen and oxygen atoms in total. The highest BCUT2D eigenvalue weighted by molar-refractivity contribution is 5.77. The van der Waals surface area contributed by atoms with Gasteiger partial charge in [0.1, 0.15) is 17.9 Å². The number of aliphatic hydroxyl groups excluding tert-OH is 1. The van der Waals surface area contributed by atoms with Crippen LogP contribution >= 0.6 is 0 Å². The molecule has 0 saturated heterocycles. The minimum Gasteiger partial charge on any atom is -0.489 e. The van der Waals surface area contributed by atoms with Gasteiger partial charge in [-0.25, -0.2) is 4.79 Å². The van der Waals surface area contributed by atoms with Crippen molar-refractivity contribution in [3.8, 4) is 5.75 Å². The van der Waals surface area contributed by atoms with E-state index in [0.717, 1.165) is 18.2 Å². The predicted molar refractivity (Wildman–Crippen MR) is 114 cm³/mol. The number of hydrogen-bond acceptors (Lipinski definition) is 5. The zero-order valence-electron chi connectivity index (χ0n) is 17.8. The van der Waals surface area contributed by atoms with Crippen LogP contribution in [0.1, 0.15) is 53.4 Å². The molecule has 1 aliphatic carbocycles. The lowest BCUT2D eigenvalue weighted by molar-refractivity contribution is -0.145. The van der Waals surface area contributed by atoms with Crippen molar-refractivity contribution >= 4 is 11.0 Å². The summed E-state index contributed by atoms with van der Waals surface area (Å²) in [5.74, 6) is 0.682. The minimum absolute atomic E-state index is 0.0337. The van der Waals surface area contributed by atoms with Crippen LogP contribution in [0.4, 0.5) is 0 Å². The molecular formula is C24H32O5. The average Bonchev–Trinajstić information content (AvgIpc) is 2.64. The maximum atomic E-state index is 11.4. The second-order valence-electron chi connectivity index (χ2n) is 9.14. The first-order chi connectivity index (χ1) is 13.6. The maximum Gasteiger partial charge on any atom is 0.336 e. The standard InChI is InChI=1S/C24H32O5/c1-16(5-9-20-23(2,3)21(25)11-13-24(20,4)27)12-14-28-18-8-6-17-7-10-22(26)29-19(17)15-18/h6-8,10,12,15,20-21,25,27H,5,9,11,13-14H2,1-4H3/t20-,21-,24+/m0/s1. The van der Waals surface area contributed by atoms with Gasteiger partial charge in [0.25, 0.3) is 0 Å². The van der Waals surface area contributed by atoms with Gasteiger partial charge in [-0.05, 0) is 75.1 Å². The van der Waals surface area contributed by atoms with Gasteiger partial charge in [-0.3, -0.25) is 0 Å². The largest absolute Gasteiger partial charge is 0.489 e. The van der Waals surface area contributed by atoms with Gasteiger partial charge in [0.2, 0.25) is 0 Å². The molecule has 0 spiro atoms. The summed E-state index contributed by atoms with van der Waals surface area (Å²) in [6, 6.07) is 8.58. The van der Waals surface area contributed by atoms with E-state index in [-0.39, 0.29) is 23.1 Å². The lowest BCUT2D eigenvalue weighted by Crippen LogP contribution is -2.53. The van der Waals surface area contributed by atoms with E-state index >= 15 is 0 Å². The molecule has 0 amide bonds. The fourth-order valence-corrected chi connectivity index (χ4v) is 4.58. The molecule has 158 valence electrons. The van der Waals surface area contributed by atoms with Gasteiger partial charge in [0.15, 0.2) is 0 Å². The normalized spacial score (nSPS) is 27.2. The summed E-state index contributed by atoms with van der Waals surface area (Å²) < 4.78 is 11.0. The third-order valence-electron chi connectivity index (χ3n) is 6.54. The Bertz CT molecular complexity index is 938. The van der Waals surface area contributed by atoms with Crippen LogP contribution in [0.5, 0.6) is 5.75 Å². The smallest absolute Gasteiger partial charge is 0.336 e. The van der Waals surface area contributed by atoms with E-state index < -0.39 is 5.60 Å². The molecule has 0 aliphatic heterocycles. The summed E-state index contributed by atoms with van der Waals surface area (Å²) in [4.78, 5) is 11.4. The topological polar surface area (TPSA) is 79.9 Å². The number of allylic oxidation sites excluding steroid dienone is 1. The average molecular weight is 401 g/mol. The van der Waals surface area contributed by atoms with E-state index in [2.05, 4.69) is 20.8 Å². The highest BCUT2D eigenvalue weighted by Crippen LogP contribution is 2.48. The number of hydrogen-bond donors (Lipinski definition) is 2. The Morgan fingerprint density at radius 1 is 1.28 bits per heavy atom. The summed E-state index contributed by atoms with van der Waals surface area (Å²) in [7, 11) is 0. The molecule has 0 radical (unpaired) electrons. The Balaban J connectivity index is 1.58. The number of rotatable bonds is 6. The molecule has 2 aromatic rings. The quantitative estimate of drug-likeness (QED) is 0.553. The van der Waals surface area contributed by atoms with Gasteiger partial charge in [0, 0.05) is 17.5 Å². The molecule has 1 saturated carbocycles. The number of fused-ring (bicyclic) bond motifs is 1. The SMILES string of the molecule is CC(=CCOc1ccc2ccc(=O)oc2c1)CC[C@H]1C(C)(C)[C@@H](O)CC[C@@]1(C)O. The second kappa shape index (κ2) is 8.33. The number of benzene rings is 1. The molecule has 1 aromatic carbocycles. The van der Waals surface area contributed by atoms with Gasteiger partial charge in [0.05, 0.1) is 11.7 Å². The third-order valence-corrected chi connectivity index (χ3v) is 6.54. The zero-order chi connectivity index (χ0) is 21.2. The van der Waals surface area contributed by atoms with Crippen LogP contribution in [0.3, 0.4) is 0 Å². The van der Waals surface area contributed by atoms with Crippen molar-refractivity contribution in [1.82, 2.24) is 0 Å². The van der Waals surface area contributed by atoms with E-state index in [0.29, 0.717) is 30.8 Å². The molecule has 3 rings (SSSR count). The number of aliphatic hydroxyl groups is 2. The lowest BCUT2D eigenvalue weighted by Gasteiger charge is -2.51. The van der Waals surface area contributed by atoms with Gasteiger partial charge >= 0.3 is 5.63 Å². The Labute approximate surface area is 172 Å². The highest BCUT2D eigenvalue weighted by atomic mass is 16.5. The first-order valence-electron chi connectivity index (χ1n) is 10.3. The van der Waals surface area contributed by atoms with Gasteiger partial charge in [-0.15, -0.1) is 0 Å². The van der Waals surface area contributed by atoms with E-state index in [9.17, 15) is 15.0 Å². The van der Waals surface area contributed by atoms with Gasteiger partial charge in [-0.1, -0.05) is 19.4 Å². The van der Waals surface area contributed by atoms with Crippen molar-refractivity contribution < 1.29 is 19.4 Å². The van der Waals surface area contributed by atoms with Crippen LogP contribution in [0.2, 0.25) is 0 Å². The lowest BCUT2D eigenvalue weighted by atomic mass is 9.59. The molecular weight excluding hydrogens is 368 g/mol. The predicted octanol–water partition coefficient (Wildman–Crippen LogP) is 4.45. The van der Waals surface area contributed by atoms with E-state index in [1.54, 1.807) is 12.1 Å². The van der Waals surface area contributed by atoms with Crippen LogP contribution in [-0.2, 0) is 0 Å². The minimum atomic E-state index is -0.755. The van der Waals surface area contributed by atoms with Crippen molar-refractivity contribution in [3.63, 3.8) is 0 Å². The van der Waals surface area contributed by atoms with Crippen molar-refractivity contribution in [2.24, 2.45) is 11.3 Å². The Morgan fingerprint density at radius 2 is 2.00 bits per heavy atom. The molecule has 5 heteroatoms. The fraction of sp³-hybridized carbons (Fsp3) is 0.542. The monoisotopic (exact) mass is 400 g/mol. The molecule has 3 atom stereocenters. The van der Waals surface area contributed by atoms with Crippen LogP contribution in [0.25, 0.3) is 11.0 Å². The van der Waals surface area contributed by atoms with Crippen molar-refractivity contribution in [2.75, 3.05) is 6.61 Å². The Hall–Kier alpha value is -2.11. The summed E-state index contributed by atoms with van der Waals surface area (Å²) in [6.07, 6.45) is 4.59. The van der Waals surface area contributed by atoms with E-state index in [1.807, 2.05) is 25.1 Å². The Morgan fingerprint density at radius 3 is 2.76 bits per heavy atom.